The normalized spacial score (nSPS) is 19.1. The van der Waals surface area contributed by atoms with E-state index in [0.717, 1.165) is 5.56 Å². The zero-order chi connectivity index (χ0) is 9.10. The van der Waals surface area contributed by atoms with Crippen LogP contribution in [0.4, 0.5) is 0 Å². The zero-order valence-electron chi connectivity index (χ0n) is 7.22. The quantitative estimate of drug-likeness (QED) is 0.659. The molecule has 1 aromatic rings. The fourth-order valence-corrected chi connectivity index (χ4v) is 1.27. The topological polar surface area (TPSA) is 21.7 Å². The van der Waals surface area contributed by atoms with Gasteiger partial charge in [-0.3, -0.25) is 0 Å². The maximum Gasteiger partial charge on any atom is 0.192 e. The summed E-state index contributed by atoms with van der Waals surface area (Å²) >= 11 is 0. The second kappa shape index (κ2) is 3.70. The van der Waals surface area contributed by atoms with Crippen molar-refractivity contribution >= 4 is 0 Å². The number of hydrogen-bond donors (Lipinski definition) is 0. The van der Waals surface area contributed by atoms with E-state index >= 15 is 0 Å². The van der Waals surface area contributed by atoms with Crippen LogP contribution in [0.1, 0.15) is 11.6 Å². The summed E-state index contributed by atoms with van der Waals surface area (Å²) in [5.41, 5.74) is 1.11. The van der Waals surface area contributed by atoms with E-state index in [1.165, 1.54) is 5.23 Å². The van der Waals surface area contributed by atoms with E-state index < -0.39 is 0 Å². The average molecular weight is 177 g/mol. The third-order valence-electron chi connectivity index (χ3n) is 1.95. The lowest BCUT2D eigenvalue weighted by Gasteiger charge is -2.33. The van der Waals surface area contributed by atoms with Gasteiger partial charge in [-0.25, -0.2) is 9.68 Å². The van der Waals surface area contributed by atoms with Gasteiger partial charge >= 0.3 is 0 Å². The largest absolute Gasteiger partial charge is 0.243 e. The van der Waals surface area contributed by atoms with Gasteiger partial charge < -0.3 is 0 Å². The molecule has 0 bridgehead atoms. The number of hydroxylamine groups is 2. The summed E-state index contributed by atoms with van der Waals surface area (Å²) in [6.07, 6.45) is 1.79. The van der Waals surface area contributed by atoms with Gasteiger partial charge in [0.2, 0.25) is 0 Å². The van der Waals surface area contributed by atoms with Crippen molar-refractivity contribution < 1.29 is 9.68 Å². The van der Waals surface area contributed by atoms with E-state index in [1.54, 1.807) is 6.08 Å². The number of hydrogen-bond acceptors (Lipinski definition) is 3. The molecule has 1 atom stereocenters. The van der Waals surface area contributed by atoms with Crippen LogP contribution >= 0.6 is 0 Å². The standard InChI is InChI=1S/C10H11NO2/c1-2-10(11-12-8-13-11)9-6-4-3-5-7-9/h2-7,10H,1,8H2. The molecule has 1 heterocycles. The van der Waals surface area contributed by atoms with Crippen molar-refractivity contribution in [3.8, 4) is 0 Å². The first-order valence-electron chi connectivity index (χ1n) is 4.14. The highest BCUT2D eigenvalue weighted by Gasteiger charge is 2.25. The molecule has 0 aromatic heterocycles. The molecule has 0 amide bonds. The molecule has 3 nitrogen and oxygen atoms in total. The minimum atomic E-state index is -0.0186. The van der Waals surface area contributed by atoms with Crippen molar-refractivity contribution in [1.82, 2.24) is 5.23 Å². The smallest absolute Gasteiger partial charge is 0.192 e. The van der Waals surface area contributed by atoms with E-state index in [4.69, 9.17) is 9.68 Å². The van der Waals surface area contributed by atoms with E-state index in [9.17, 15) is 0 Å². The molecule has 1 aromatic carbocycles. The molecular formula is C10H11NO2. The highest BCUT2D eigenvalue weighted by molar-refractivity contribution is 5.21. The van der Waals surface area contributed by atoms with Gasteiger partial charge in [-0.05, 0) is 10.8 Å². The predicted octanol–water partition coefficient (Wildman–Crippen LogP) is 2.05. The van der Waals surface area contributed by atoms with Gasteiger partial charge in [-0.1, -0.05) is 36.4 Å². The van der Waals surface area contributed by atoms with E-state index in [-0.39, 0.29) is 6.04 Å². The summed E-state index contributed by atoms with van der Waals surface area (Å²) in [7, 11) is 0. The lowest BCUT2D eigenvalue weighted by atomic mass is 10.1. The third kappa shape index (κ3) is 1.62. The Morgan fingerprint density at radius 1 is 1.31 bits per heavy atom. The summed E-state index contributed by atoms with van der Waals surface area (Å²) < 4.78 is 0. The molecule has 2 rings (SSSR count). The summed E-state index contributed by atoms with van der Waals surface area (Å²) in [6, 6.07) is 9.93. The summed E-state index contributed by atoms with van der Waals surface area (Å²) in [5, 5.41) is 1.45. The average Bonchev–Trinajstić information content (AvgIpc) is 2.12. The third-order valence-corrected chi connectivity index (χ3v) is 1.95. The number of nitrogens with zero attached hydrogens (tertiary/aromatic N) is 1. The van der Waals surface area contributed by atoms with Crippen LogP contribution in [0.5, 0.6) is 0 Å². The Morgan fingerprint density at radius 3 is 2.46 bits per heavy atom. The molecule has 1 aliphatic rings. The van der Waals surface area contributed by atoms with Crippen LogP contribution in [0.2, 0.25) is 0 Å². The van der Waals surface area contributed by atoms with Gasteiger partial charge in [0.15, 0.2) is 6.79 Å². The fraction of sp³-hybridized carbons (Fsp3) is 0.200. The molecule has 1 unspecified atom stereocenters. The fourth-order valence-electron chi connectivity index (χ4n) is 1.27. The summed E-state index contributed by atoms with van der Waals surface area (Å²) in [5.74, 6) is 0. The molecule has 1 aliphatic heterocycles. The predicted molar refractivity (Wildman–Crippen MR) is 48.3 cm³/mol. The zero-order valence-corrected chi connectivity index (χ0v) is 7.22. The first-order chi connectivity index (χ1) is 6.42. The number of rotatable bonds is 3. The molecule has 0 saturated carbocycles. The molecule has 0 aliphatic carbocycles. The summed E-state index contributed by atoms with van der Waals surface area (Å²) in [4.78, 5) is 10.2. The van der Waals surface area contributed by atoms with Crippen molar-refractivity contribution in [2.24, 2.45) is 0 Å². The van der Waals surface area contributed by atoms with Crippen molar-refractivity contribution in [3.63, 3.8) is 0 Å². The Balaban J connectivity index is 2.16. The Kier molecular flexibility index (Phi) is 2.40. The minimum absolute atomic E-state index is 0.0186. The SMILES string of the molecule is C=CC(c1ccccc1)N1OCO1. The Bertz CT molecular complexity index is 282. The van der Waals surface area contributed by atoms with Crippen LogP contribution in [-0.4, -0.2) is 12.0 Å². The lowest BCUT2D eigenvalue weighted by Crippen LogP contribution is -2.39. The Morgan fingerprint density at radius 2 is 2.00 bits per heavy atom. The molecule has 0 radical (unpaired) electrons. The minimum Gasteiger partial charge on any atom is -0.243 e. The van der Waals surface area contributed by atoms with Crippen LogP contribution < -0.4 is 0 Å². The molecule has 0 N–H and O–H groups in total. The second-order valence-electron chi connectivity index (χ2n) is 2.75. The monoisotopic (exact) mass is 177 g/mol. The number of benzene rings is 1. The van der Waals surface area contributed by atoms with Crippen LogP contribution in [0.15, 0.2) is 43.0 Å². The van der Waals surface area contributed by atoms with Gasteiger partial charge in [-0.15, -0.1) is 6.58 Å². The molecule has 13 heavy (non-hydrogen) atoms. The first kappa shape index (κ1) is 8.44. The molecule has 3 heteroatoms. The first-order valence-corrected chi connectivity index (χ1v) is 4.14. The lowest BCUT2D eigenvalue weighted by molar-refractivity contribution is -0.531. The maximum atomic E-state index is 5.08. The van der Waals surface area contributed by atoms with Crippen molar-refractivity contribution in [3.05, 3.63) is 48.6 Å². The summed E-state index contributed by atoms with van der Waals surface area (Å²) in [6.45, 7) is 4.07. The van der Waals surface area contributed by atoms with Crippen LogP contribution in [-0.2, 0) is 9.68 Å². The Hall–Kier alpha value is -1.16. The molecule has 68 valence electrons. The van der Waals surface area contributed by atoms with Gasteiger partial charge in [0.1, 0.15) is 6.04 Å². The second-order valence-corrected chi connectivity index (χ2v) is 2.75. The van der Waals surface area contributed by atoms with Crippen molar-refractivity contribution in [1.29, 1.82) is 0 Å². The van der Waals surface area contributed by atoms with Gasteiger partial charge in [-0.2, -0.15) is 0 Å². The highest BCUT2D eigenvalue weighted by Crippen LogP contribution is 2.25. The van der Waals surface area contributed by atoms with Crippen LogP contribution in [0, 0.1) is 0 Å². The van der Waals surface area contributed by atoms with Crippen LogP contribution in [0.3, 0.4) is 0 Å². The molecule has 0 spiro atoms. The highest BCUT2D eigenvalue weighted by atomic mass is 17.1. The molecular weight excluding hydrogens is 166 g/mol. The van der Waals surface area contributed by atoms with Gasteiger partial charge in [0.25, 0.3) is 0 Å². The van der Waals surface area contributed by atoms with Crippen molar-refractivity contribution in [2.45, 2.75) is 6.04 Å². The van der Waals surface area contributed by atoms with Gasteiger partial charge in [0.05, 0.1) is 0 Å². The van der Waals surface area contributed by atoms with E-state index in [0.29, 0.717) is 6.79 Å². The van der Waals surface area contributed by atoms with E-state index in [2.05, 4.69) is 6.58 Å². The van der Waals surface area contributed by atoms with E-state index in [1.807, 2.05) is 30.3 Å². The molecule has 1 saturated heterocycles. The Labute approximate surface area is 77.1 Å². The molecule has 1 fully saturated rings. The van der Waals surface area contributed by atoms with Crippen molar-refractivity contribution in [2.75, 3.05) is 6.79 Å². The van der Waals surface area contributed by atoms with Gasteiger partial charge in [0, 0.05) is 0 Å². The van der Waals surface area contributed by atoms with Crippen LogP contribution in [0.25, 0.3) is 0 Å². The maximum absolute atomic E-state index is 5.08.